The average molecular weight is 290 g/mol. The van der Waals surface area contributed by atoms with Crippen LogP contribution in [0.2, 0.25) is 0 Å². The molecule has 2 saturated heterocycles. The molecule has 0 unspecified atom stereocenters. The van der Waals surface area contributed by atoms with E-state index < -0.39 is 0 Å². The maximum absolute atomic E-state index is 13.3. The van der Waals surface area contributed by atoms with Gasteiger partial charge >= 0.3 is 0 Å². The van der Waals surface area contributed by atoms with E-state index in [9.17, 15) is 9.18 Å². The van der Waals surface area contributed by atoms with Gasteiger partial charge in [0.2, 0.25) is 5.91 Å². The molecule has 0 bridgehead atoms. The number of benzene rings is 1. The summed E-state index contributed by atoms with van der Waals surface area (Å²) in [5, 5.41) is 0. The van der Waals surface area contributed by atoms with Crippen LogP contribution in [0.25, 0.3) is 0 Å². The summed E-state index contributed by atoms with van der Waals surface area (Å²) in [5.41, 5.74) is 1.05. The third-order valence-corrected chi connectivity index (χ3v) is 4.86. The molecule has 0 N–H and O–H groups in total. The van der Waals surface area contributed by atoms with Crippen LogP contribution in [0.5, 0.6) is 0 Å². The van der Waals surface area contributed by atoms with E-state index in [4.69, 9.17) is 0 Å². The van der Waals surface area contributed by atoms with Crippen molar-refractivity contribution >= 4 is 5.91 Å². The first kappa shape index (κ1) is 14.5. The molecular formula is C17H23FN2O. The second kappa shape index (κ2) is 6.14. The van der Waals surface area contributed by atoms with Crippen LogP contribution in [0.3, 0.4) is 0 Å². The molecule has 2 fully saturated rings. The van der Waals surface area contributed by atoms with Crippen molar-refractivity contribution in [1.29, 1.82) is 0 Å². The second-order valence-electron chi connectivity index (χ2n) is 6.24. The van der Waals surface area contributed by atoms with Gasteiger partial charge in [-0.2, -0.15) is 0 Å². The zero-order valence-electron chi connectivity index (χ0n) is 12.6. The van der Waals surface area contributed by atoms with E-state index in [2.05, 4.69) is 4.90 Å². The molecule has 0 radical (unpaired) electrons. The largest absolute Gasteiger partial charge is 0.341 e. The number of carbonyl (C=O) groups is 1. The van der Waals surface area contributed by atoms with Crippen LogP contribution in [0, 0.1) is 5.82 Å². The van der Waals surface area contributed by atoms with Gasteiger partial charge in [0.1, 0.15) is 5.82 Å². The van der Waals surface area contributed by atoms with Crippen molar-refractivity contribution in [3.05, 3.63) is 35.6 Å². The van der Waals surface area contributed by atoms with Gasteiger partial charge in [0, 0.05) is 19.6 Å². The standard InChI is InChI=1S/C17H23FN2O/c1-13(17(21)19-8-2-3-9-19)20-10-7-15(12-20)14-5-4-6-16(18)11-14/h4-6,11,13,15H,2-3,7-10,12H2,1H3/t13-,15-/m1/s1. The summed E-state index contributed by atoms with van der Waals surface area (Å²) in [6.45, 7) is 5.59. The Labute approximate surface area is 125 Å². The first-order valence-corrected chi connectivity index (χ1v) is 7.93. The Balaban J connectivity index is 1.62. The monoisotopic (exact) mass is 290 g/mol. The molecule has 114 valence electrons. The highest BCUT2D eigenvalue weighted by atomic mass is 19.1. The van der Waals surface area contributed by atoms with Crippen LogP contribution in [0.15, 0.2) is 24.3 Å². The summed E-state index contributed by atoms with van der Waals surface area (Å²) in [6, 6.07) is 6.81. The quantitative estimate of drug-likeness (QED) is 0.854. The van der Waals surface area contributed by atoms with Gasteiger partial charge in [-0.1, -0.05) is 12.1 Å². The lowest BCUT2D eigenvalue weighted by molar-refractivity contribution is -0.134. The summed E-state index contributed by atoms with van der Waals surface area (Å²) in [7, 11) is 0. The van der Waals surface area contributed by atoms with E-state index >= 15 is 0 Å². The predicted octanol–water partition coefficient (Wildman–Crippen LogP) is 2.63. The van der Waals surface area contributed by atoms with Crippen molar-refractivity contribution in [2.45, 2.75) is 38.1 Å². The first-order chi connectivity index (χ1) is 10.1. The van der Waals surface area contributed by atoms with Crippen LogP contribution < -0.4 is 0 Å². The number of nitrogens with zero attached hydrogens (tertiary/aromatic N) is 2. The summed E-state index contributed by atoms with van der Waals surface area (Å²) >= 11 is 0. The molecule has 0 aliphatic carbocycles. The third kappa shape index (κ3) is 3.10. The molecule has 1 aromatic rings. The number of likely N-dealkylation sites (tertiary alicyclic amines) is 2. The Bertz CT molecular complexity index is 513. The third-order valence-electron chi connectivity index (χ3n) is 4.86. The minimum Gasteiger partial charge on any atom is -0.341 e. The fraction of sp³-hybridized carbons (Fsp3) is 0.588. The second-order valence-corrected chi connectivity index (χ2v) is 6.24. The Kier molecular flexibility index (Phi) is 4.24. The molecule has 3 rings (SSSR count). The van der Waals surface area contributed by atoms with E-state index in [0.717, 1.165) is 51.0 Å². The van der Waals surface area contributed by atoms with Crippen molar-refractivity contribution in [1.82, 2.24) is 9.80 Å². The number of halogens is 1. The molecule has 0 spiro atoms. The molecule has 1 aromatic carbocycles. The van der Waals surface area contributed by atoms with Crippen molar-refractivity contribution in [2.75, 3.05) is 26.2 Å². The molecule has 3 nitrogen and oxygen atoms in total. The van der Waals surface area contributed by atoms with Crippen molar-refractivity contribution in [3.8, 4) is 0 Å². The van der Waals surface area contributed by atoms with Crippen molar-refractivity contribution in [3.63, 3.8) is 0 Å². The topological polar surface area (TPSA) is 23.6 Å². The molecule has 2 aliphatic rings. The number of hydrogen-bond acceptors (Lipinski definition) is 2. The highest BCUT2D eigenvalue weighted by Gasteiger charge is 2.33. The lowest BCUT2D eigenvalue weighted by Gasteiger charge is -2.27. The van der Waals surface area contributed by atoms with E-state index in [1.165, 1.54) is 6.07 Å². The highest BCUT2D eigenvalue weighted by molar-refractivity contribution is 5.81. The van der Waals surface area contributed by atoms with Gasteiger partial charge < -0.3 is 4.90 Å². The fourth-order valence-electron chi connectivity index (χ4n) is 3.53. The minimum atomic E-state index is -0.174. The molecule has 2 atom stereocenters. The number of amides is 1. The van der Waals surface area contributed by atoms with Crippen molar-refractivity contribution in [2.24, 2.45) is 0 Å². The summed E-state index contributed by atoms with van der Waals surface area (Å²) in [6.07, 6.45) is 3.26. The molecule has 21 heavy (non-hydrogen) atoms. The molecular weight excluding hydrogens is 267 g/mol. The molecule has 4 heteroatoms. The SMILES string of the molecule is C[C@H](C(=O)N1CCCC1)N1CC[C@@H](c2cccc(F)c2)C1. The average Bonchev–Trinajstić information content (AvgIpc) is 3.17. The predicted molar refractivity (Wildman–Crippen MR) is 80.6 cm³/mol. The highest BCUT2D eigenvalue weighted by Crippen LogP contribution is 2.29. The van der Waals surface area contributed by atoms with Crippen LogP contribution in [-0.2, 0) is 4.79 Å². The van der Waals surface area contributed by atoms with Gasteiger partial charge in [0.05, 0.1) is 6.04 Å². The zero-order valence-corrected chi connectivity index (χ0v) is 12.6. The van der Waals surface area contributed by atoms with Crippen molar-refractivity contribution < 1.29 is 9.18 Å². The van der Waals surface area contributed by atoms with Crippen LogP contribution in [0.4, 0.5) is 4.39 Å². The maximum Gasteiger partial charge on any atom is 0.239 e. The molecule has 1 amide bonds. The Hall–Kier alpha value is -1.42. The van der Waals surface area contributed by atoms with Crippen LogP contribution in [0.1, 0.15) is 37.7 Å². The number of carbonyl (C=O) groups excluding carboxylic acids is 1. The minimum absolute atomic E-state index is 0.0540. The Morgan fingerprint density at radius 3 is 2.76 bits per heavy atom. The molecule has 2 heterocycles. The van der Waals surface area contributed by atoms with E-state index in [1.54, 1.807) is 12.1 Å². The van der Waals surface area contributed by atoms with Gasteiger partial charge in [0.15, 0.2) is 0 Å². The van der Waals surface area contributed by atoms with E-state index in [1.807, 2.05) is 17.9 Å². The van der Waals surface area contributed by atoms with Crippen LogP contribution >= 0.6 is 0 Å². The number of hydrogen-bond donors (Lipinski definition) is 0. The van der Waals surface area contributed by atoms with E-state index in [0.29, 0.717) is 5.92 Å². The molecule has 0 saturated carbocycles. The van der Waals surface area contributed by atoms with Gasteiger partial charge in [-0.05, 0) is 56.3 Å². The Morgan fingerprint density at radius 2 is 2.05 bits per heavy atom. The van der Waals surface area contributed by atoms with Gasteiger partial charge in [-0.15, -0.1) is 0 Å². The number of rotatable bonds is 3. The normalized spacial score (nSPS) is 24.5. The van der Waals surface area contributed by atoms with E-state index in [-0.39, 0.29) is 17.8 Å². The zero-order chi connectivity index (χ0) is 14.8. The maximum atomic E-state index is 13.3. The van der Waals surface area contributed by atoms with Crippen LogP contribution in [-0.4, -0.2) is 47.9 Å². The first-order valence-electron chi connectivity index (χ1n) is 7.93. The summed E-state index contributed by atoms with van der Waals surface area (Å²) in [4.78, 5) is 16.7. The smallest absolute Gasteiger partial charge is 0.239 e. The molecule has 2 aliphatic heterocycles. The van der Waals surface area contributed by atoms with Gasteiger partial charge in [-0.25, -0.2) is 4.39 Å². The summed E-state index contributed by atoms with van der Waals surface area (Å²) in [5.74, 6) is 0.425. The molecule has 0 aromatic heterocycles. The lowest BCUT2D eigenvalue weighted by Crippen LogP contribution is -2.45. The summed E-state index contributed by atoms with van der Waals surface area (Å²) < 4.78 is 13.3. The van der Waals surface area contributed by atoms with Gasteiger partial charge in [-0.3, -0.25) is 9.69 Å². The lowest BCUT2D eigenvalue weighted by atomic mass is 9.98. The Morgan fingerprint density at radius 1 is 1.29 bits per heavy atom. The fourth-order valence-corrected chi connectivity index (χ4v) is 3.53. The van der Waals surface area contributed by atoms with Gasteiger partial charge in [0.25, 0.3) is 0 Å².